The number of carbonyl (C=O) groups excluding carboxylic acids is 2. The second-order valence-electron chi connectivity index (χ2n) is 5.87. The number of benzene rings is 2. The molecule has 148 valence electrons. The Hall–Kier alpha value is -2.97. The van der Waals surface area contributed by atoms with Crippen LogP contribution in [0.1, 0.15) is 22.3 Å². The molecule has 0 aromatic heterocycles. The van der Waals surface area contributed by atoms with E-state index in [-0.39, 0.29) is 37.9 Å². The number of nitrogens with one attached hydrogen (secondary N) is 3. The molecule has 0 saturated carbocycles. The molecule has 2 rings (SSSR count). The Bertz CT molecular complexity index is 898. The predicted octanol–water partition coefficient (Wildman–Crippen LogP) is 1.51. The van der Waals surface area contributed by atoms with Crippen molar-refractivity contribution in [1.29, 1.82) is 0 Å². The van der Waals surface area contributed by atoms with E-state index in [0.717, 1.165) is 11.0 Å². The Labute approximate surface area is 164 Å². The van der Waals surface area contributed by atoms with Crippen LogP contribution in [0.3, 0.4) is 0 Å². The Kier molecular flexibility index (Phi) is 8.38. The van der Waals surface area contributed by atoms with E-state index in [9.17, 15) is 18.0 Å². The number of hydrogen-bond acceptors (Lipinski definition) is 4. The minimum absolute atomic E-state index is 0.00500. The molecule has 0 fully saturated rings. The molecule has 2 aromatic carbocycles. The maximum absolute atomic E-state index is 11.9. The van der Waals surface area contributed by atoms with Crippen molar-refractivity contribution in [1.82, 2.24) is 15.4 Å². The molecule has 0 radical (unpaired) electrons. The molecule has 0 heterocycles. The van der Waals surface area contributed by atoms with Gasteiger partial charge in [0.15, 0.2) is 0 Å². The fraction of sp³-hybridized carbons (Fsp3) is 0.200. The van der Waals surface area contributed by atoms with Gasteiger partial charge in [-0.25, -0.2) is 13.1 Å². The van der Waals surface area contributed by atoms with Crippen LogP contribution in [0.2, 0.25) is 0 Å². The van der Waals surface area contributed by atoms with Crippen LogP contribution in [0.25, 0.3) is 6.08 Å². The summed E-state index contributed by atoms with van der Waals surface area (Å²) in [6.45, 7) is 0.534. The maximum atomic E-state index is 11.9. The molecule has 0 aliphatic rings. The van der Waals surface area contributed by atoms with E-state index >= 15 is 0 Å². The van der Waals surface area contributed by atoms with E-state index in [0.29, 0.717) is 5.56 Å². The quantitative estimate of drug-likeness (QED) is 0.525. The number of amides is 2. The lowest BCUT2D eigenvalue weighted by atomic mass is 10.2. The largest absolute Gasteiger partial charge is 0.354 e. The molecule has 0 bridgehead atoms. The molecule has 0 spiro atoms. The van der Waals surface area contributed by atoms with Crippen molar-refractivity contribution >= 4 is 27.9 Å². The van der Waals surface area contributed by atoms with Crippen molar-refractivity contribution in [3.8, 4) is 0 Å². The van der Waals surface area contributed by atoms with Crippen molar-refractivity contribution in [3.05, 3.63) is 77.2 Å². The number of sulfonamides is 1. The lowest BCUT2D eigenvalue weighted by Gasteiger charge is -2.07. The van der Waals surface area contributed by atoms with Gasteiger partial charge in [0.1, 0.15) is 0 Å². The first-order valence-corrected chi connectivity index (χ1v) is 10.3. The molecule has 3 N–H and O–H groups in total. The van der Waals surface area contributed by atoms with Gasteiger partial charge in [0.25, 0.3) is 5.91 Å². The van der Waals surface area contributed by atoms with Crippen molar-refractivity contribution in [3.63, 3.8) is 0 Å². The monoisotopic (exact) mass is 401 g/mol. The summed E-state index contributed by atoms with van der Waals surface area (Å²) < 4.78 is 26.1. The van der Waals surface area contributed by atoms with Gasteiger partial charge in [0.2, 0.25) is 15.9 Å². The van der Waals surface area contributed by atoms with Crippen LogP contribution in [-0.4, -0.2) is 39.9 Å². The second-order valence-corrected chi connectivity index (χ2v) is 7.53. The summed E-state index contributed by atoms with van der Waals surface area (Å²) in [4.78, 5) is 23.6. The van der Waals surface area contributed by atoms with Gasteiger partial charge in [-0.2, -0.15) is 0 Å². The highest BCUT2D eigenvalue weighted by atomic mass is 32.2. The summed E-state index contributed by atoms with van der Waals surface area (Å²) in [5.74, 6) is -0.517. The van der Waals surface area contributed by atoms with Crippen molar-refractivity contribution in [2.24, 2.45) is 0 Å². The molecule has 8 heteroatoms. The van der Waals surface area contributed by atoms with Gasteiger partial charge in [-0.15, -0.1) is 0 Å². The van der Waals surface area contributed by atoms with Crippen LogP contribution in [0, 0.1) is 0 Å². The average molecular weight is 401 g/mol. The number of carbonyl (C=O) groups is 2. The zero-order chi connectivity index (χ0) is 20.2. The van der Waals surface area contributed by atoms with Gasteiger partial charge >= 0.3 is 0 Å². The van der Waals surface area contributed by atoms with E-state index in [1.165, 1.54) is 6.08 Å². The average Bonchev–Trinajstić information content (AvgIpc) is 2.71. The van der Waals surface area contributed by atoms with Crippen LogP contribution >= 0.6 is 0 Å². The first kappa shape index (κ1) is 21.3. The molecular formula is C20H23N3O4S. The topological polar surface area (TPSA) is 104 Å². The van der Waals surface area contributed by atoms with E-state index in [1.807, 2.05) is 24.3 Å². The zero-order valence-corrected chi connectivity index (χ0v) is 16.1. The third-order valence-corrected chi connectivity index (χ3v) is 4.76. The molecule has 0 unspecified atom stereocenters. The van der Waals surface area contributed by atoms with Crippen LogP contribution in [-0.2, 0) is 14.8 Å². The highest BCUT2D eigenvalue weighted by molar-refractivity contribution is 7.92. The first-order chi connectivity index (χ1) is 13.5. The van der Waals surface area contributed by atoms with Crippen molar-refractivity contribution < 1.29 is 18.0 Å². The standard InChI is InChI=1S/C20H23N3O4S/c24-19(21-14-15-22-20(25)18-9-5-2-6-10-18)11-13-23-28(26,27)16-12-17-7-3-1-4-8-17/h1-10,12,16,23H,11,13-15H2,(H,21,24)(H,22,25)/b16-12+. The lowest BCUT2D eigenvalue weighted by molar-refractivity contribution is -0.120. The minimum atomic E-state index is -3.61. The zero-order valence-electron chi connectivity index (χ0n) is 15.3. The van der Waals surface area contributed by atoms with Gasteiger partial charge < -0.3 is 10.6 Å². The summed E-state index contributed by atoms with van der Waals surface area (Å²) in [6, 6.07) is 17.8. The summed E-state index contributed by atoms with van der Waals surface area (Å²) in [6.07, 6.45) is 1.49. The maximum Gasteiger partial charge on any atom is 0.251 e. The minimum Gasteiger partial charge on any atom is -0.354 e. The molecule has 7 nitrogen and oxygen atoms in total. The highest BCUT2D eigenvalue weighted by Crippen LogP contribution is 2.02. The fourth-order valence-electron chi connectivity index (χ4n) is 2.25. The van der Waals surface area contributed by atoms with Gasteiger partial charge in [0, 0.05) is 37.0 Å². The molecule has 28 heavy (non-hydrogen) atoms. The van der Waals surface area contributed by atoms with Crippen LogP contribution in [0.5, 0.6) is 0 Å². The van der Waals surface area contributed by atoms with Crippen LogP contribution in [0.4, 0.5) is 0 Å². The molecule has 0 aliphatic heterocycles. The van der Waals surface area contributed by atoms with Gasteiger partial charge in [0.05, 0.1) is 0 Å². The van der Waals surface area contributed by atoms with Gasteiger partial charge in [-0.3, -0.25) is 9.59 Å². The Morgan fingerprint density at radius 1 is 0.821 bits per heavy atom. The first-order valence-electron chi connectivity index (χ1n) is 8.79. The summed E-state index contributed by atoms with van der Waals surface area (Å²) >= 11 is 0. The molecule has 0 aliphatic carbocycles. The SMILES string of the molecule is O=C(CCNS(=O)(=O)/C=C/c1ccccc1)NCCNC(=O)c1ccccc1. The molecular weight excluding hydrogens is 378 g/mol. The lowest BCUT2D eigenvalue weighted by Crippen LogP contribution is -2.36. The Morgan fingerprint density at radius 3 is 2.11 bits per heavy atom. The van der Waals surface area contributed by atoms with E-state index < -0.39 is 10.0 Å². The highest BCUT2D eigenvalue weighted by Gasteiger charge is 2.07. The van der Waals surface area contributed by atoms with Gasteiger partial charge in [-0.1, -0.05) is 48.5 Å². The van der Waals surface area contributed by atoms with E-state index in [4.69, 9.17) is 0 Å². The third kappa shape index (κ3) is 8.15. The molecule has 0 saturated heterocycles. The van der Waals surface area contributed by atoms with Crippen LogP contribution in [0.15, 0.2) is 66.1 Å². The number of rotatable bonds is 10. The molecule has 0 atom stereocenters. The van der Waals surface area contributed by atoms with Crippen LogP contribution < -0.4 is 15.4 Å². The predicted molar refractivity (Wildman–Crippen MR) is 109 cm³/mol. The fourth-order valence-corrected chi connectivity index (χ4v) is 3.06. The number of hydrogen-bond donors (Lipinski definition) is 3. The smallest absolute Gasteiger partial charge is 0.251 e. The Morgan fingerprint density at radius 2 is 1.43 bits per heavy atom. The molecule has 2 amide bonds. The van der Waals surface area contributed by atoms with Gasteiger partial charge in [-0.05, 0) is 23.8 Å². The molecule has 2 aromatic rings. The van der Waals surface area contributed by atoms with Crippen molar-refractivity contribution in [2.45, 2.75) is 6.42 Å². The summed E-state index contributed by atoms with van der Waals surface area (Å²) in [7, 11) is -3.61. The van der Waals surface area contributed by atoms with E-state index in [2.05, 4.69) is 15.4 Å². The third-order valence-electron chi connectivity index (χ3n) is 3.66. The normalized spacial score (nSPS) is 11.3. The second kappa shape index (κ2) is 11.0. The van der Waals surface area contributed by atoms with E-state index in [1.54, 1.807) is 36.4 Å². The summed E-state index contributed by atoms with van der Waals surface area (Å²) in [5.41, 5.74) is 1.31. The Balaban J connectivity index is 1.61. The summed E-state index contributed by atoms with van der Waals surface area (Å²) in [5, 5.41) is 6.39. The van der Waals surface area contributed by atoms with Crippen molar-refractivity contribution in [2.75, 3.05) is 19.6 Å².